The quantitative estimate of drug-likeness (QED) is 0.547. The SMILES string of the molecule is COc1ccccc1C1=NC(OO)(c2ccccc2)C(c2ccccc2)=N1. The van der Waals surface area contributed by atoms with Gasteiger partial charge in [-0.2, -0.15) is 4.89 Å². The van der Waals surface area contributed by atoms with E-state index in [0.717, 1.165) is 11.1 Å². The molecule has 1 aliphatic heterocycles. The summed E-state index contributed by atoms with van der Waals surface area (Å²) in [5.41, 5.74) is 1.28. The highest BCUT2D eigenvalue weighted by Crippen LogP contribution is 2.37. The molecule has 0 amide bonds. The maximum absolute atomic E-state index is 9.97. The van der Waals surface area contributed by atoms with Crippen LogP contribution in [-0.2, 0) is 10.6 Å². The average Bonchev–Trinajstić information content (AvgIpc) is 3.16. The monoisotopic (exact) mass is 358 g/mol. The van der Waals surface area contributed by atoms with E-state index in [1.165, 1.54) is 0 Å². The van der Waals surface area contributed by atoms with Crippen molar-refractivity contribution in [3.8, 4) is 5.75 Å². The number of hydrogen-bond acceptors (Lipinski definition) is 5. The molecule has 1 atom stereocenters. The molecule has 1 N–H and O–H groups in total. The normalized spacial score (nSPS) is 18.7. The van der Waals surface area contributed by atoms with Gasteiger partial charge in [0.2, 0.25) is 0 Å². The van der Waals surface area contributed by atoms with E-state index in [1.54, 1.807) is 7.11 Å². The molecule has 1 unspecified atom stereocenters. The first-order chi connectivity index (χ1) is 13.3. The molecule has 1 aliphatic rings. The summed E-state index contributed by atoms with van der Waals surface area (Å²) in [4.78, 5) is 14.5. The summed E-state index contributed by atoms with van der Waals surface area (Å²) in [5, 5.41) is 9.97. The van der Waals surface area contributed by atoms with Crippen LogP contribution in [0.25, 0.3) is 0 Å². The van der Waals surface area contributed by atoms with E-state index in [-0.39, 0.29) is 0 Å². The second-order valence-corrected chi connectivity index (χ2v) is 6.06. The van der Waals surface area contributed by atoms with Gasteiger partial charge in [-0.3, -0.25) is 0 Å². The Morgan fingerprint density at radius 1 is 0.815 bits per heavy atom. The molecule has 0 bridgehead atoms. The predicted octanol–water partition coefficient (Wildman–Crippen LogP) is 4.29. The number of hydrogen-bond donors (Lipinski definition) is 1. The van der Waals surface area contributed by atoms with Crippen LogP contribution in [0.4, 0.5) is 0 Å². The highest BCUT2D eigenvalue weighted by molar-refractivity contribution is 6.20. The Balaban J connectivity index is 1.95. The second kappa shape index (κ2) is 7.15. The fourth-order valence-electron chi connectivity index (χ4n) is 3.20. The molecule has 5 nitrogen and oxygen atoms in total. The van der Waals surface area contributed by atoms with Crippen LogP contribution < -0.4 is 4.74 Å². The first-order valence-electron chi connectivity index (χ1n) is 8.54. The van der Waals surface area contributed by atoms with E-state index in [2.05, 4.69) is 0 Å². The van der Waals surface area contributed by atoms with E-state index in [4.69, 9.17) is 19.6 Å². The van der Waals surface area contributed by atoms with Crippen molar-refractivity contribution in [1.29, 1.82) is 0 Å². The van der Waals surface area contributed by atoms with Crippen LogP contribution in [0.2, 0.25) is 0 Å². The minimum Gasteiger partial charge on any atom is -0.496 e. The lowest BCUT2D eigenvalue weighted by molar-refractivity contribution is -0.302. The minimum atomic E-state index is -1.45. The maximum Gasteiger partial charge on any atom is 0.262 e. The molecule has 4 rings (SSSR count). The Morgan fingerprint density at radius 3 is 2.11 bits per heavy atom. The Morgan fingerprint density at radius 2 is 1.44 bits per heavy atom. The molecule has 0 saturated carbocycles. The largest absolute Gasteiger partial charge is 0.496 e. The zero-order valence-electron chi connectivity index (χ0n) is 14.7. The highest BCUT2D eigenvalue weighted by Gasteiger charge is 2.45. The molecule has 1 heterocycles. The molecule has 0 aromatic heterocycles. The summed E-state index contributed by atoms with van der Waals surface area (Å²) in [5.74, 6) is 1.08. The minimum absolute atomic E-state index is 0.434. The van der Waals surface area contributed by atoms with Crippen molar-refractivity contribution in [1.82, 2.24) is 0 Å². The van der Waals surface area contributed by atoms with Crippen molar-refractivity contribution in [2.75, 3.05) is 7.11 Å². The van der Waals surface area contributed by atoms with Crippen LogP contribution in [0.15, 0.2) is 94.9 Å². The van der Waals surface area contributed by atoms with Gasteiger partial charge in [0.25, 0.3) is 5.72 Å². The van der Waals surface area contributed by atoms with Crippen LogP contribution in [-0.4, -0.2) is 23.9 Å². The van der Waals surface area contributed by atoms with Gasteiger partial charge in [0.1, 0.15) is 11.5 Å². The van der Waals surface area contributed by atoms with Gasteiger partial charge >= 0.3 is 0 Å². The lowest BCUT2D eigenvalue weighted by atomic mass is 9.93. The third-order valence-electron chi connectivity index (χ3n) is 4.49. The molecule has 0 aliphatic carbocycles. The summed E-state index contributed by atoms with van der Waals surface area (Å²) in [6.07, 6.45) is 0. The average molecular weight is 358 g/mol. The first kappa shape index (κ1) is 17.1. The van der Waals surface area contributed by atoms with Gasteiger partial charge in [0.05, 0.1) is 12.7 Å². The Kier molecular flexibility index (Phi) is 4.54. The number of aliphatic imine (C=N–C) groups is 2. The summed E-state index contributed by atoms with van der Waals surface area (Å²) >= 11 is 0. The molecule has 27 heavy (non-hydrogen) atoms. The molecule has 5 heteroatoms. The molecule has 0 fully saturated rings. The lowest BCUT2D eigenvalue weighted by Crippen LogP contribution is -2.34. The highest BCUT2D eigenvalue weighted by atomic mass is 17.1. The van der Waals surface area contributed by atoms with E-state index >= 15 is 0 Å². The smallest absolute Gasteiger partial charge is 0.262 e. The van der Waals surface area contributed by atoms with Gasteiger partial charge in [0.15, 0.2) is 5.84 Å². The van der Waals surface area contributed by atoms with Gasteiger partial charge < -0.3 is 4.74 Å². The summed E-state index contributed by atoms with van der Waals surface area (Å²) < 4.78 is 5.45. The topological polar surface area (TPSA) is 63.4 Å². The number of nitrogens with zero attached hydrogens (tertiary/aromatic N) is 2. The summed E-state index contributed by atoms with van der Waals surface area (Å²) in [6.45, 7) is 0. The number of para-hydroxylation sites is 1. The summed E-state index contributed by atoms with van der Waals surface area (Å²) in [6, 6.07) is 26.4. The van der Waals surface area contributed by atoms with E-state index < -0.39 is 5.72 Å². The number of amidine groups is 1. The van der Waals surface area contributed by atoms with Crippen LogP contribution in [0, 0.1) is 0 Å². The van der Waals surface area contributed by atoms with Gasteiger partial charge in [-0.25, -0.2) is 15.2 Å². The molecular formula is C22H18N2O3. The van der Waals surface area contributed by atoms with Crippen molar-refractivity contribution in [2.24, 2.45) is 9.98 Å². The first-order valence-corrected chi connectivity index (χ1v) is 8.54. The molecule has 0 spiro atoms. The van der Waals surface area contributed by atoms with Gasteiger partial charge in [-0.15, -0.1) is 0 Å². The van der Waals surface area contributed by atoms with Gasteiger partial charge in [-0.1, -0.05) is 72.8 Å². The number of rotatable bonds is 5. The Hall–Kier alpha value is -3.28. The van der Waals surface area contributed by atoms with Crippen LogP contribution >= 0.6 is 0 Å². The van der Waals surface area contributed by atoms with E-state index in [0.29, 0.717) is 22.9 Å². The van der Waals surface area contributed by atoms with E-state index in [1.807, 2.05) is 84.9 Å². The van der Waals surface area contributed by atoms with Crippen molar-refractivity contribution < 1.29 is 14.9 Å². The molecular weight excluding hydrogens is 340 g/mol. The maximum atomic E-state index is 9.97. The Bertz CT molecular complexity index is 1000. The summed E-state index contributed by atoms with van der Waals surface area (Å²) in [7, 11) is 1.60. The molecule has 0 radical (unpaired) electrons. The van der Waals surface area contributed by atoms with Crippen molar-refractivity contribution in [2.45, 2.75) is 5.72 Å². The molecule has 0 saturated heterocycles. The fraction of sp³-hybridized carbons (Fsp3) is 0.0909. The van der Waals surface area contributed by atoms with Crippen LogP contribution in [0.1, 0.15) is 16.7 Å². The number of benzene rings is 3. The van der Waals surface area contributed by atoms with E-state index in [9.17, 15) is 5.26 Å². The third-order valence-corrected chi connectivity index (χ3v) is 4.49. The van der Waals surface area contributed by atoms with Crippen molar-refractivity contribution in [3.63, 3.8) is 0 Å². The zero-order chi connectivity index (χ0) is 18.7. The number of methoxy groups -OCH3 is 1. The van der Waals surface area contributed by atoms with Crippen LogP contribution in [0.5, 0.6) is 5.75 Å². The van der Waals surface area contributed by atoms with Gasteiger partial charge in [0, 0.05) is 11.1 Å². The zero-order valence-corrected chi connectivity index (χ0v) is 14.7. The molecule has 134 valence electrons. The molecule has 3 aromatic carbocycles. The van der Waals surface area contributed by atoms with Crippen molar-refractivity contribution >= 4 is 11.5 Å². The lowest BCUT2D eigenvalue weighted by Gasteiger charge is -2.24. The standard InChI is InChI=1S/C22H18N2O3/c1-26-19-15-9-8-14-18(19)21-23-20(16-10-4-2-5-11-16)22(24-21,27-25)17-12-6-3-7-13-17/h2-15,25H,1H3. The fourth-order valence-corrected chi connectivity index (χ4v) is 3.20. The predicted molar refractivity (Wildman–Crippen MR) is 104 cm³/mol. The number of ether oxygens (including phenoxy) is 1. The van der Waals surface area contributed by atoms with Crippen molar-refractivity contribution in [3.05, 3.63) is 102 Å². The molecule has 3 aromatic rings. The Labute approximate surface area is 157 Å². The third kappa shape index (κ3) is 2.93. The van der Waals surface area contributed by atoms with Gasteiger partial charge in [-0.05, 0) is 12.1 Å². The second-order valence-electron chi connectivity index (χ2n) is 6.06. The van der Waals surface area contributed by atoms with Crippen LogP contribution in [0.3, 0.4) is 0 Å².